The summed E-state index contributed by atoms with van der Waals surface area (Å²) in [5, 5.41) is 6.91. The van der Waals surface area contributed by atoms with Gasteiger partial charge in [-0.25, -0.2) is 0 Å². The summed E-state index contributed by atoms with van der Waals surface area (Å²) < 4.78 is 5.19. The number of rotatable bonds is 4. The molecule has 0 aliphatic carbocycles. The second-order valence-corrected chi connectivity index (χ2v) is 3.97. The molecule has 1 aromatic carbocycles. The van der Waals surface area contributed by atoms with E-state index >= 15 is 0 Å². The summed E-state index contributed by atoms with van der Waals surface area (Å²) in [5.41, 5.74) is 2.07. The zero-order valence-electron chi connectivity index (χ0n) is 9.96. The van der Waals surface area contributed by atoms with Crippen LogP contribution in [-0.4, -0.2) is 18.8 Å². The summed E-state index contributed by atoms with van der Waals surface area (Å²) in [4.78, 5) is 0. The van der Waals surface area contributed by atoms with Crippen LogP contribution in [0.25, 0.3) is 0 Å². The third-order valence-electron chi connectivity index (χ3n) is 2.19. The lowest BCUT2D eigenvalue weighted by Gasteiger charge is -2.11. The first-order chi connectivity index (χ1) is 7.67. The van der Waals surface area contributed by atoms with E-state index in [0.717, 1.165) is 30.0 Å². The lowest BCUT2D eigenvalue weighted by atomic mass is 10.2. The van der Waals surface area contributed by atoms with Crippen LogP contribution >= 0.6 is 12.2 Å². The zero-order chi connectivity index (χ0) is 12.0. The SMILES string of the molecule is CCCNC(=S)Nc1ccc(OC)c(C)c1. The summed E-state index contributed by atoms with van der Waals surface area (Å²) >= 11 is 5.15. The predicted molar refractivity (Wildman–Crippen MR) is 72.2 cm³/mol. The highest BCUT2D eigenvalue weighted by molar-refractivity contribution is 7.80. The van der Waals surface area contributed by atoms with Crippen LogP contribution in [0.15, 0.2) is 18.2 Å². The molecule has 0 aromatic heterocycles. The third kappa shape index (κ3) is 3.70. The highest BCUT2D eigenvalue weighted by Gasteiger charge is 2.01. The van der Waals surface area contributed by atoms with E-state index in [-0.39, 0.29) is 0 Å². The van der Waals surface area contributed by atoms with Gasteiger partial charge >= 0.3 is 0 Å². The minimum absolute atomic E-state index is 0.659. The van der Waals surface area contributed by atoms with Gasteiger partial charge in [0.2, 0.25) is 0 Å². The van der Waals surface area contributed by atoms with E-state index in [1.807, 2.05) is 25.1 Å². The smallest absolute Gasteiger partial charge is 0.170 e. The van der Waals surface area contributed by atoms with Crippen molar-refractivity contribution in [1.29, 1.82) is 0 Å². The number of thiocarbonyl (C=S) groups is 1. The van der Waals surface area contributed by atoms with Crippen molar-refractivity contribution in [3.8, 4) is 5.75 Å². The Morgan fingerprint density at radius 2 is 2.19 bits per heavy atom. The summed E-state index contributed by atoms with van der Waals surface area (Å²) in [6.45, 7) is 5.00. The molecule has 2 N–H and O–H groups in total. The number of ether oxygens (including phenoxy) is 1. The lowest BCUT2D eigenvalue weighted by Crippen LogP contribution is -2.28. The van der Waals surface area contributed by atoms with Gasteiger partial charge < -0.3 is 15.4 Å². The molecule has 0 radical (unpaired) electrons. The Morgan fingerprint density at radius 1 is 1.44 bits per heavy atom. The summed E-state index contributed by atoms with van der Waals surface area (Å²) in [6, 6.07) is 5.89. The molecule has 0 amide bonds. The van der Waals surface area contributed by atoms with E-state index in [1.165, 1.54) is 0 Å². The van der Waals surface area contributed by atoms with Gasteiger partial charge in [0.05, 0.1) is 7.11 Å². The number of benzene rings is 1. The number of aryl methyl sites for hydroxylation is 1. The van der Waals surface area contributed by atoms with Crippen LogP contribution in [0.5, 0.6) is 5.75 Å². The fourth-order valence-corrected chi connectivity index (χ4v) is 1.59. The van der Waals surface area contributed by atoms with Gasteiger partial charge in [-0.1, -0.05) is 6.92 Å². The monoisotopic (exact) mass is 238 g/mol. The molecule has 88 valence electrons. The normalized spacial score (nSPS) is 9.69. The molecule has 0 fully saturated rings. The third-order valence-corrected chi connectivity index (χ3v) is 2.43. The topological polar surface area (TPSA) is 33.3 Å². The van der Waals surface area contributed by atoms with Gasteiger partial charge in [-0.15, -0.1) is 0 Å². The van der Waals surface area contributed by atoms with E-state index in [0.29, 0.717) is 5.11 Å². The van der Waals surface area contributed by atoms with Crippen molar-refractivity contribution in [2.75, 3.05) is 19.0 Å². The Kier molecular flexibility index (Phi) is 5.05. The van der Waals surface area contributed by atoms with E-state index in [4.69, 9.17) is 17.0 Å². The van der Waals surface area contributed by atoms with Crippen molar-refractivity contribution in [1.82, 2.24) is 5.32 Å². The molecule has 0 heterocycles. The van der Waals surface area contributed by atoms with Crippen LogP contribution in [0.1, 0.15) is 18.9 Å². The first-order valence-electron chi connectivity index (χ1n) is 5.37. The second kappa shape index (κ2) is 6.33. The number of anilines is 1. The Balaban J connectivity index is 2.61. The van der Waals surface area contributed by atoms with Crippen LogP contribution in [0.3, 0.4) is 0 Å². The van der Waals surface area contributed by atoms with Gasteiger partial charge in [0.1, 0.15) is 5.75 Å². The quantitative estimate of drug-likeness (QED) is 0.790. The van der Waals surface area contributed by atoms with E-state index in [9.17, 15) is 0 Å². The molecule has 1 rings (SSSR count). The molecule has 3 nitrogen and oxygen atoms in total. The number of hydrogen-bond acceptors (Lipinski definition) is 2. The Bertz CT molecular complexity index is 366. The minimum atomic E-state index is 0.659. The second-order valence-electron chi connectivity index (χ2n) is 3.57. The highest BCUT2D eigenvalue weighted by atomic mass is 32.1. The van der Waals surface area contributed by atoms with Gasteiger partial charge in [0.25, 0.3) is 0 Å². The van der Waals surface area contributed by atoms with Crippen molar-refractivity contribution in [2.24, 2.45) is 0 Å². The van der Waals surface area contributed by atoms with Crippen LogP contribution < -0.4 is 15.4 Å². The maximum atomic E-state index is 5.19. The molecule has 0 spiro atoms. The van der Waals surface area contributed by atoms with Crippen LogP contribution in [-0.2, 0) is 0 Å². The first-order valence-corrected chi connectivity index (χ1v) is 5.77. The van der Waals surface area contributed by atoms with E-state index in [2.05, 4.69) is 17.6 Å². The van der Waals surface area contributed by atoms with Gasteiger partial charge in [0, 0.05) is 12.2 Å². The summed E-state index contributed by atoms with van der Waals surface area (Å²) in [7, 11) is 1.67. The fraction of sp³-hybridized carbons (Fsp3) is 0.417. The first kappa shape index (κ1) is 12.8. The molecule has 0 aliphatic rings. The van der Waals surface area contributed by atoms with Gasteiger partial charge in [0.15, 0.2) is 5.11 Å². The number of hydrogen-bond donors (Lipinski definition) is 2. The molecule has 0 saturated carbocycles. The average molecular weight is 238 g/mol. The molecular weight excluding hydrogens is 220 g/mol. The highest BCUT2D eigenvalue weighted by Crippen LogP contribution is 2.21. The maximum absolute atomic E-state index is 5.19. The molecule has 4 heteroatoms. The van der Waals surface area contributed by atoms with Crippen LogP contribution in [0.2, 0.25) is 0 Å². The molecule has 0 atom stereocenters. The molecule has 0 saturated heterocycles. The van der Waals surface area contributed by atoms with E-state index in [1.54, 1.807) is 7.11 Å². The van der Waals surface area contributed by atoms with Crippen molar-refractivity contribution in [3.63, 3.8) is 0 Å². The Labute approximate surface area is 102 Å². The summed E-state index contributed by atoms with van der Waals surface area (Å²) in [5.74, 6) is 0.887. The van der Waals surface area contributed by atoms with Gasteiger partial charge in [-0.3, -0.25) is 0 Å². The zero-order valence-corrected chi connectivity index (χ0v) is 10.8. The van der Waals surface area contributed by atoms with Crippen molar-refractivity contribution in [3.05, 3.63) is 23.8 Å². The fourth-order valence-electron chi connectivity index (χ4n) is 1.37. The molecule has 0 unspecified atom stereocenters. The van der Waals surface area contributed by atoms with Crippen molar-refractivity contribution < 1.29 is 4.74 Å². The largest absolute Gasteiger partial charge is 0.496 e. The van der Waals surface area contributed by atoms with E-state index < -0.39 is 0 Å². The molecular formula is C12H18N2OS. The molecule has 0 aliphatic heterocycles. The number of methoxy groups -OCH3 is 1. The standard InChI is InChI=1S/C12H18N2OS/c1-4-7-13-12(16)14-10-5-6-11(15-3)9(2)8-10/h5-6,8H,4,7H2,1-3H3,(H2,13,14,16). The van der Waals surface area contributed by atoms with Crippen LogP contribution in [0.4, 0.5) is 5.69 Å². The molecule has 1 aromatic rings. The van der Waals surface area contributed by atoms with Gasteiger partial charge in [-0.2, -0.15) is 0 Å². The maximum Gasteiger partial charge on any atom is 0.170 e. The number of nitrogens with one attached hydrogen (secondary N) is 2. The lowest BCUT2D eigenvalue weighted by molar-refractivity contribution is 0.412. The van der Waals surface area contributed by atoms with Crippen LogP contribution in [0, 0.1) is 6.92 Å². The summed E-state index contributed by atoms with van der Waals surface area (Å²) in [6.07, 6.45) is 1.06. The molecule has 0 bridgehead atoms. The molecule has 16 heavy (non-hydrogen) atoms. The Hall–Kier alpha value is -1.29. The van der Waals surface area contributed by atoms with Crippen molar-refractivity contribution in [2.45, 2.75) is 20.3 Å². The predicted octanol–water partition coefficient (Wildman–Crippen LogP) is 2.70. The van der Waals surface area contributed by atoms with Crippen molar-refractivity contribution >= 4 is 23.0 Å². The minimum Gasteiger partial charge on any atom is -0.496 e. The Morgan fingerprint density at radius 3 is 2.75 bits per heavy atom. The average Bonchev–Trinajstić information content (AvgIpc) is 2.26. The van der Waals surface area contributed by atoms with Gasteiger partial charge in [-0.05, 0) is 49.3 Å².